The number of hydrogen-bond acceptors (Lipinski definition) is 4. The summed E-state index contributed by atoms with van der Waals surface area (Å²) in [6.45, 7) is 3.10. The van der Waals surface area contributed by atoms with Gasteiger partial charge in [0.05, 0.1) is 26.4 Å². The lowest BCUT2D eigenvalue weighted by molar-refractivity contribution is -0.271. The lowest BCUT2D eigenvalue weighted by atomic mass is 9.68. The summed E-state index contributed by atoms with van der Waals surface area (Å²) in [5.41, 5.74) is 5.08. The number of hydrogen-bond donors (Lipinski definition) is 0. The number of benzene rings is 1. The summed E-state index contributed by atoms with van der Waals surface area (Å²) in [5.74, 6) is -1.08. The van der Waals surface area contributed by atoms with E-state index in [1.807, 2.05) is 0 Å². The molecule has 0 saturated carbocycles. The van der Waals surface area contributed by atoms with Crippen LogP contribution in [0.1, 0.15) is 47.9 Å². The van der Waals surface area contributed by atoms with Gasteiger partial charge >= 0.3 is 0 Å². The maximum atomic E-state index is 6.15. The molecule has 4 heteroatoms. The fourth-order valence-electron chi connectivity index (χ4n) is 4.25. The molecule has 4 aliphatic rings. The van der Waals surface area contributed by atoms with Gasteiger partial charge in [0.15, 0.2) is 11.6 Å². The Kier molecular flexibility index (Phi) is 2.93. The fourth-order valence-corrected chi connectivity index (χ4v) is 4.25. The van der Waals surface area contributed by atoms with Crippen molar-refractivity contribution in [2.45, 2.75) is 50.1 Å². The van der Waals surface area contributed by atoms with Crippen molar-refractivity contribution in [2.24, 2.45) is 0 Å². The first-order chi connectivity index (χ1) is 10.8. The molecule has 118 valence electrons. The van der Waals surface area contributed by atoms with E-state index in [9.17, 15) is 0 Å². The minimum atomic E-state index is -0.538. The number of ether oxygens (including phenoxy) is 4. The highest BCUT2D eigenvalue weighted by atomic mass is 16.7. The van der Waals surface area contributed by atoms with Gasteiger partial charge < -0.3 is 18.9 Å². The maximum Gasteiger partial charge on any atom is 0.199 e. The van der Waals surface area contributed by atoms with Crippen LogP contribution in [0, 0.1) is 0 Å². The summed E-state index contributed by atoms with van der Waals surface area (Å²) in [6, 6.07) is 4.45. The Labute approximate surface area is 130 Å². The van der Waals surface area contributed by atoms with Crippen LogP contribution in [0.4, 0.5) is 0 Å². The molecule has 0 atom stereocenters. The third-order valence-electron chi connectivity index (χ3n) is 5.40. The summed E-state index contributed by atoms with van der Waals surface area (Å²) in [7, 11) is 0. The molecule has 2 spiro atoms. The van der Waals surface area contributed by atoms with E-state index < -0.39 is 11.6 Å². The van der Waals surface area contributed by atoms with Gasteiger partial charge in [0.2, 0.25) is 0 Å². The van der Waals surface area contributed by atoms with Crippen LogP contribution >= 0.6 is 0 Å². The molecule has 4 nitrogen and oxygen atoms in total. The molecule has 0 radical (unpaired) electrons. The molecular formula is C18H22O4. The molecule has 0 bridgehead atoms. The normalized spacial score (nSPS) is 28.0. The lowest BCUT2D eigenvalue weighted by Gasteiger charge is -2.51. The van der Waals surface area contributed by atoms with Crippen molar-refractivity contribution >= 4 is 0 Å². The van der Waals surface area contributed by atoms with Crippen molar-refractivity contribution in [2.75, 3.05) is 26.4 Å². The van der Waals surface area contributed by atoms with E-state index in [1.165, 1.54) is 22.3 Å². The van der Waals surface area contributed by atoms with Crippen LogP contribution in [-0.2, 0) is 43.4 Å². The highest BCUT2D eigenvalue weighted by Gasteiger charge is 2.57. The van der Waals surface area contributed by atoms with Crippen molar-refractivity contribution in [3.8, 4) is 0 Å². The van der Waals surface area contributed by atoms with E-state index >= 15 is 0 Å². The first-order valence-corrected chi connectivity index (χ1v) is 8.55. The average molecular weight is 302 g/mol. The highest BCUT2D eigenvalue weighted by Crippen LogP contribution is 2.56. The van der Waals surface area contributed by atoms with Gasteiger partial charge in [0, 0.05) is 24.0 Å². The van der Waals surface area contributed by atoms with E-state index in [0.29, 0.717) is 0 Å². The summed E-state index contributed by atoms with van der Waals surface area (Å²) in [4.78, 5) is 0. The van der Waals surface area contributed by atoms with Crippen LogP contribution in [0.2, 0.25) is 0 Å². The van der Waals surface area contributed by atoms with Gasteiger partial charge in [-0.2, -0.15) is 0 Å². The second-order valence-electron chi connectivity index (χ2n) is 6.80. The van der Waals surface area contributed by atoms with E-state index in [2.05, 4.69) is 12.1 Å². The van der Waals surface area contributed by atoms with Crippen molar-refractivity contribution in [1.29, 1.82) is 0 Å². The van der Waals surface area contributed by atoms with Gasteiger partial charge in [-0.3, -0.25) is 0 Å². The zero-order chi connectivity index (χ0) is 14.6. The van der Waals surface area contributed by atoms with Crippen molar-refractivity contribution in [3.05, 3.63) is 34.4 Å². The largest absolute Gasteiger partial charge is 0.346 e. The fraction of sp³-hybridized carbons (Fsp3) is 0.667. The van der Waals surface area contributed by atoms with Gasteiger partial charge in [-0.25, -0.2) is 0 Å². The number of fused-ring (bicyclic) bond motifs is 5. The van der Waals surface area contributed by atoms with Crippen LogP contribution in [0.25, 0.3) is 0 Å². The highest BCUT2D eigenvalue weighted by molar-refractivity contribution is 5.57. The van der Waals surface area contributed by atoms with Crippen molar-refractivity contribution < 1.29 is 18.9 Å². The smallest absolute Gasteiger partial charge is 0.199 e. The first-order valence-electron chi connectivity index (χ1n) is 8.55. The zero-order valence-electron chi connectivity index (χ0n) is 12.9. The molecular weight excluding hydrogens is 280 g/mol. The van der Waals surface area contributed by atoms with E-state index in [1.54, 1.807) is 0 Å². The predicted molar refractivity (Wildman–Crippen MR) is 79.5 cm³/mol. The molecule has 2 fully saturated rings. The molecule has 2 heterocycles. The van der Waals surface area contributed by atoms with Gasteiger partial charge in [0.25, 0.3) is 0 Å². The molecule has 0 N–H and O–H groups in total. The van der Waals surface area contributed by atoms with E-state index in [0.717, 1.165) is 65.0 Å². The molecule has 0 amide bonds. The third-order valence-corrected chi connectivity index (χ3v) is 5.40. The van der Waals surface area contributed by atoms with Crippen LogP contribution < -0.4 is 0 Å². The summed E-state index contributed by atoms with van der Waals surface area (Å²) < 4.78 is 24.6. The Morgan fingerprint density at radius 3 is 1.32 bits per heavy atom. The van der Waals surface area contributed by atoms with Crippen LogP contribution in [0.5, 0.6) is 0 Å². The minimum Gasteiger partial charge on any atom is -0.346 e. The van der Waals surface area contributed by atoms with Crippen LogP contribution in [0.15, 0.2) is 12.1 Å². The molecule has 2 aliphatic heterocycles. The third kappa shape index (κ3) is 1.72. The minimum absolute atomic E-state index is 0.538. The standard InChI is InChI=1S/C18H22O4/c1-2-8-20-17(19-7-1)11-13-5-6-14-12-18(16(14)15(13)17)21-9-3-4-10-22-18/h5-6H,1-4,7-12H2. The quantitative estimate of drug-likeness (QED) is 0.738. The molecule has 2 aliphatic carbocycles. The molecule has 2 saturated heterocycles. The predicted octanol–water partition coefficient (Wildman–Crippen LogP) is 2.76. The second kappa shape index (κ2) is 4.78. The number of rotatable bonds is 0. The molecule has 1 aromatic carbocycles. The average Bonchev–Trinajstić information content (AvgIpc) is 2.90. The van der Waals surface area contributed by atoms with E-state index in [-0.39, 0.29) is 0 Å². The zero-order valence-corrected chi connectivity index (χ0v) is 12.9. The second-order valence-corrected chi connectivity index (χ2v) is 6.80. The van der Waals surface area contributed by atoms with E-state index in [4.69, 9.17) is 18.9 Å². The van der Waals surface area contributed by atoms with Gasteiger partial charge in [-0.15, -0.1) is 0 Å². The molecule has 22 heavy (non-hydrogen) atoms. The summed E-state index contributed by atoms with van der Waals surface area (Å²) in [6.07, 6.45) is 6.00. The van der Waals surface area contributed by atoms with Gasteiger partial charge in [-0.1, -0.05) is 12.1 Å². The Morgan fingerprint density at radius 2 is 0.955 bits per heavy atom. The summed E-state index contributed by atoms with van der Waals surface area (Å²) >= 11 is 0. The lowest BCUT2D eigenvalue weighted by Crippen LogP contribution is -2.52. The van der Waals surface area contributed by atoms with Gasteiger partial charge in [0.1, 0.15) is 0 Å². The Balaban J connectivity index is 1.59. The Hall–Kier alpha value is -0.940. The Bertz CT molecular complexity index is 540. The van der Waals surface area contributed by atoms with Gasteiger partial charge in [-0.05, 0) is 36.8 Å². The SMILES string of the molecule is c1cc2c(c3c1CC31OCCCCO1)C1(C2)OCCCCO1. The molecule has 0 unspecified atom stereocenters. The van der Waals surface area contributed by atoms with Crippen LogP contribution in [0.3, 0.4) is 0 Å². The molecule has 5 rings (SSSR count). The summed E-state index contributed by atoms with van der Waals surface area (Å²) in [5, 5.41) is 0. The molecule has 0 aromatic heterocycles. The first kappa shape index (κ1) is 13.5. The topological polar surface area (TPSA) is 36.9 Å². The van der Waals surface area contributed by atoms with Crippen molar-refractivity contribution in [3.63, 3.8) is 0 Å². The van der Waals surface area contributed by atoms with Crippen LogP contribution in [-0.4, -0.2) is 26.4 Å². The monoisotopic (exact) mass is 302 g/mol. The van der Waals surface area contributed by atoms with Crippen molar-refractivity contribution in [1.82, 2.24) is 0 Å². The maximum absolute atomic E-state index is 6.15. The Morgan fingerprint density at radius 1 is 0.591 bits per heavy atom. The molecule has 1 aromatic rings.